The van der Waals surface area contributed by atoms with Crippen LogP contribution in [0.2, 0.25) is 0 Å². The molecule has 0 aliphatic rings. The molecule has 0 spiro atoms. The summed E-state index contributed by atoms with van der Waals surface area (Å²) < 4.78 is 5.67. The Bertz CT molecular complexity index is 363. The van der Waals surface area contributed by atoms with E-state index in [1.807, 2.05) is 45.2 Å². The van der Waals surface area contributed by atoms with E-state index in [-0.39, 0.29) is 12.1 Å². The third-order valence-corrected chi connectivity index (χ3v) is 3.49. The Morgan fingerprint density at radius 2 is 1.89 bits per heavy atom. The van der Waals surface area contributed by atoms with E-state index in [9.17, 15) is 5.11 Å². The second kappa shape index (κ2) is 7.48. The average Bonchev–Trinajstić information content (AvgIpc) is 2.43. The van der Waals surface area contributed by atoms with E-state index in [0.717, 1.165) is 24.3 Å². The molecule has 0 aromatic heterocycles. The van der Waals surface area contributed by atoms with E-state index in [1.165, 1.54) is 0 Å². The average molecular weight is 266 g/mol. The van der Waals surface area contributed by atoms with Crippen LogP contribution in [-0.4, -0.2) is 42.4 Å². The van der Waals surface area contributed by atoms with Crippen molar-refractivity contribution in [1.29, 1.82) is 0 Å². The molecule has 0 atom stereocenters. The number of nitrogens with two attached hydrogens (primary N) is 1. The molecule has 0 saturated heterocycles. The van der Waals surface area contributed by atoms with E-state index in [1.54, 1.807) is 0 Å². The quantitative estimate of drug-likeness (QED) is 0.702. The van der Waals surface area contributed by atoms with Gasteiger partial charge in [0.2, 0.25) is 0 Å². The number of benzene rings is 1. The molecule has 3 N–H and O–H groups in total. The summed E-state index contributed by atoms with van der Waals surface area (Å²) in [6.45, 7) is 6.34. The van der Waals surface area contributed by atoms with Crippen molar-refractivity contribution in [2.75, 3.05) is 26.8 Å². The zero-order valence-electron chi connectivity index (χ0n) is 12.2. The maximum Gasteiger partial charge on any atom is 0.119 e. The molecule has 0 amide bonds. The molecular formula is C15H26N2O2. The van der Waals surface area contributed by atoms with Gasteiger partial charge in [-0.3, -0.25) is 4.90 Å². The molecule has 0 saturated carbocycles. The van der Waals surface area contributed by atoms with Gasteiger partial charge >= 0.3 is 0 Å². The van der Waals surface area contributed by atoms with Gasteiger partial charge < -0.3 is 15.6 Å². The zero-order valence-corrected chi connectivity index (χ0v) is 12.2. The fraction of sp³-hybridized carbons (Fsp3) is 0.600. The van der Waals surface area contributed by atoms with Crippen molar-refractivity contribution in [1.82, 2.24) is 4.90 Å². The van der Waals surface area contributed by atoms with Crippen molar-refractivity contribution < 1.29 is 9.84 Å². The molecule has 108 valence electrons. The maximum absolute atomic E-state index is 9.27. The molecule has 0 radical (unpaired) electrons. The molecule has 0 fully saturated rings. The van der Waals surface area contributed by atoms with Gasteiger partial charge in [0, 0.05) is 18.6 Å². The second-order valence-electron chi connectivity index (χ2n) is 5.44. The minimum absolute atomic E-state index is 0.158. The lowest BCUT2D eigenvalue weighted by Gasteiger charge is -2.33. The fourth-order valence-electron chi connectivity index (χ4n) is 1.64. The summed E-state index contributed by atoms with van der Waals surface area (Å²) in [5, 5.41) is 9.27. The summed E-state index contributed by atoms with van der Waals surface area (Å²) in [5.41, 5.74) is 6.47. The first kappa shape index (κ1) is 16.0. The number of rotatable bonds is 8. The minimum atomic E-state index is -0.178. The number of aliphatic hydroxyl groups excluding tert-OH is 1. The monoisotopic (exact) mass is 266 g/mol. The van der Waals surface area contributed by atoms with Crippen LogP contribution >= 0.6 is 0 Å². The Hall–Kier alpha value is -1.10. The van der Waals surface area contributed by atoms with Crippen LogP contribution in [0.4, 0.5) is 0 Å². The SMILES string of the molecule is CN(CCCOc1ccc(CN)cc1)C(C)(C)CO. The number of hydrogen-bond acceptors (Lipinski definition) is 4. The highest BCUT2D eigenvalue weighted by Gasteiger charge is 2.21. The van der Waals surface area contributed by atoms with Crippen LogP contribution in [0.15, 0.2) is 24.3 Å². The molecule has 0 heterocycles. The summed E-state index contributed by atoms with van der Waals surface area (Å²) in [4.78, 5) is 2.15. The molecule has 4 nitrogen and oxygen atoms in total. The largest absolute Gasteiger partial charge is 0.494 e. The molecule has 1 rings (SSSR count). The van der Waals surface area contributed by atoms with Crippen molar-refractivity contribution >= 4 is 0 Å². The predicted octanol–water partition coefficient (Wildman–Crippen LogP) is 1.62. The fourth-order valence-corrected chi connectivity index (χ4v) is 1.64. The molecule has 1 aromatic carbocycles. The van der Waals surface area contributed by atoms with E-state index in [4.69, 9.17) is 10.5 Å². The van der Waals surface area contributed by atoms with Crippen molar-refractivity contribution in [3.63, 3.8) is 0 Å². The Balaban J connectivity index is 2.27. The van der Waals surface area contributed by atoms with Crippen LogP contribution in [-0.2, 0) is 6.54 Å². The molecule has 19 heavy (non-hydrogen) atoms. The lowest BCUT2D eigenvalue weighted by atomic mass is 10.1. The summed E-state index contributed by atoms with van der Waals surface area (Å²) >= 11 is 0. The Morgan fingerprint density at radius 1 is 1.26 bits per heavy atom. The summed E-state index contributed by atoms with van der Waals surface area (Å²) in [6, 6.07) is 7.86. The van der Waals surface area contributed by atoms with Gasteiger partial charge in [0.05, 0.1) is 13.2 Å². The molecular weight excluding hydrogens is 240 g/mol. The van der Waals surface area contributed by atoms with E-state index < -0.39 is 0 Å². The first-order chi connectivity index (χ1) is 8.99. The van der Waals surface area contributed by atoms with E-state index >= 15 is 0 Å². The summed E-state index contributed by atoms with van der Waals surface area (Å²) in [6.07, 6.45) is 0.929. The van der Waals surface area contributed by atoms with Gasteiger partial charge in [-0.25, -0.2) is 0 Å². The standard InChI is InChI=1S/C15H26N2O2/c1-15(2,12-18)17(3)9-4-10-19-14-7-5-13(11-16)6-8-14/h5-8,18H,4,9-12,16H2,1-3H3. The van der Waals surface area contributed by atoms with Crippen molar-refractivity contribution in [3.05, 3.63) is 29.8 Å². The highest BCUT2D eigenvalue weighted by molar-refractivity contribution is 5.26. The number of hydrogen-bond donors (Lipinski definition) is 2. The second-order valence-corrected chi connectivity index (χ2v) is 5.44. The van der Waals surface area contributed by atoms with Crippen LogP contribution in [0, 0.1) is 0 Å². The lowest BCUT2D eigenvalue weighted by Crippen LogP contribution is -2.44. The van der Waals surface area contributed by atoms with Crippen LogP contribution in [0.3, 0.4) is 0 Å². The minimum Gasteiger partial charge on any atom is -0.494 e. The van der Waals surface area contributed by atoms with Crippen LogP contribution < -0.4 is 10.5 Å². The van der Waals surface area contributed by atoms with Crippen molar-refractivity contribution in [2.45, 2.75) is 32.4 Å². The van der Waals surface area contributed by atoms with Gasteiger partial charge in [0.15, 0.2) is 0 Å². The first-order valence-electron chi connectivity index (χ1n) is 6.73. The molecule has 1 aromatic rings. The van der Waals surface area contributed by atoms with Crippen molar-refractivity contribution in [2.24, 2.45) is 5.73 Å². The van der Waals surface area contributed by atoms with Gasteiger partial charge in [-0.05, 0) is 45.0 Å². The smallest absolute Gasteiger partial charge is 0.119 e. The van der Waals surface area contributed by atoms with Gasteiger partial charge in [0.1, 0.15) is 5.75 Å². The van der Waals surface area contributed by atoms with Gasteiger partial charge in [0.25, 0.3) is 0 Å². The first-order valence-corrected chi connectivity index (χ1v) is 6.73. The van der Waals surface area contributed by atoms with Gasteiger partial charge in [-0.1, -0.05) is 12.1 Å². The van der Waals surface area contributed by atoms with E-state index in [2.05, 4.69) is 4.90 Å². The van der Waals surface area contributed by atoms with Crippen LogP contribution in [0.1, 0.15) is 25.8 Å². The molecule has 0 unspecified atom stereocenters. The van der Waals surface area contributed by atoms with Crippen LogP contribution in [0.5, 0.6) is 5.75 Å². The molecule has 0 aliphatic carbocycles. The number of likely N-dealkylation sites (N-methyl/N-ethyl adjacent to an activating group) is 1. The topological polar surface area (TPSA) is 58.7 Å². The molecule has 0 bridgehead atoms. The van der Waals surface area contributed by atoms with Gasteiger partial charge in [-0.15, -0.1) is 0 Å². The predicted molar refractivity (Wildman–Crippen MR) is 78.2 cm³/mol. The third kappa shape index (κ3) is 5.19. The maximum atomic E-state index is 9.27. The lowest BCUT2D eigenvalue weighted by molar-refractivity contribution is 0.0747. The molecule has 4 heteroatoms. The highest BCUT2D eigenvalue weighted by Crippen LogP contribution is 2.13. The highest BCUT2D eigenvalue weighted by atomic mass is 16.5. The summed E-state index contributed by atoms with van der Waals surface area (Å²) in [5.74, 6) is 0.876. The van der Waals surface area contributed by atoms with Crippen molar-refractivity contribution in [3.8, 4) is 5.75 Å². The Labute approximate surface area is 116 Å². The normalized spacial score (nSPS) is 11.9. The zero-order chi connectivity index (χ0) is 14.3. The Kier molecular flexibility index (Phi) is 6.28. The van der Waals surface area contributed by atoms with E-state index in [0.29, 0.717) is 13.2 Å². The Morgan fingerprint density at radius 3 is 2.42 bits per heavy atom. The summed E-state index contributed by atoms with van der Waals surface area (Å²) in [7, 11) is 2.02. The third-order valence-electron chi connectivity index (χ3n) is 3.49. The number of ether oxygens (including phenoxy) is 1. The van der Waals surface area contributed by atoms with Crippen LogP contribution in [0.25, 0.3) is 0 Å². The number of aliphatic hydroxyl groups is 1. The number of nitrogens with zero attached hydrogens (tertiary/aromatic N) is 1. The molecule has 0 aliphatic heterocycles. The van der Waals surface area contributed by atoms with Gasteiger partial charge in [-0.2, -0.15) is 0 Å².